The van der Waals surface area contributed by atoms with E-state index in [0.29, 0.717) is 0 Å². The van der Waals surface area contributed by atoms with E-state index in [1.54, 1.807) is 0 Å². The molecule has 0 aliphatic rings. The fourth-order valence-electron chi connectivity index (χ4n) is 0.0907. The molecule has 13 nitrogen and oxygen atoms in total. The molecule has 0 aromatic carbocycles. The Morgan fingerprint density at radius 3 is 0.435 bits per heavy atom. The summed E-state index contributed by atoms with van der Waals surface area (Å²) in [6, 6.07) is 0. The first kappa shape index (κ1) is 43.5. The van der Waals surface area contributed by atoms with Crippen LogP contribution >= 0.6 is 0 Å². The van der Waals surface area contributed by atoms with E-state index in [1.165, 1.54) is 0 Å². The molecule has 0 radical (unpaired) electrons. The molecule has 0 aromatic heterocycles. The van der Waals surface area contributed by atoms with Crippen LogP contribution in [-0.4, -0.2) is 58.8 Å². The molecule has 0 heterocycles. The Hall–Kier alpha value is 0.0795. The standard InChI is InChI=1S/4B2O3.2Na.O/c4*3-1-5-2-4;;;/q;;;;2*+1;-2. The fraction of sp³-hybridized carbons (Fsp3) is 0. The minimum absolute atomic E-state index is 0. The van der Waals surface area contributed by atoms with Crippen molar-refractivity contribution >= 4 is 58.8 Å². The molecule has 0 amide bonds. The van der Waals surface area contributed by atoms with Crippen molar-refractivity contribution in [2.24, 2.45) is 0 Å². The first-order valence-corrected chi connectivity index (χ1v) is 3.77. The molecule has 104 valence electrons. The predicted octanol–water partition coefficient (Wildman–Crippen LogP) is -10.4. The van der Waals surface area contributed by atoms with Gasteiger partial charge in [-0.15, -0.1) is 0 Å². The first-order chi connectivity index (χ1) is 9.66. The number of hydrogen-bond donors (Lipinski definition) is 0. The van der Waals surface area contributed by atoms with E-state index in [4.69, 9.17) is 37.6 Å². The van der Waals surface area contributed by atoms with Gasteiger partial charge < -0.3 is 5.48 Å². The van der Waals surface area contributed by atoms with Crippen LogP contribution in [0.4, 0.5) is 0 Å². The van der Waals surface area contributed by atoms with Crippen molar-refractivity contribution in [1.29, 1.82) is 0 Å². The molecule has 0 rings (SSSR count). The summed E-state index contributed by atoms with van der Waals surface area (Å²) >= 11 is 0. The quantitative estimate of drug-likeness (QED) is 0.378. The largest absolute Gasteiger partial charge is 2.00 e. The van der Waals surface area contributed by atoms with E-state index >= 15 is 0 Å². The molecule has 0 bridgehead atoms. The minimum Gasteiger partial charge on any atom is -2.00 e. The molecule has 0 aliphatic carbocycles. The average Bonchev–Trinajstić information content (AvgIpc) is 2.44. The molecule has 23 heavy (non-hydrogen) atoms. The maximum absolute atomic E-state index is 8.95. The van der Waals surface area contributed by atoms with E-state index in [-0.39, 0.29) is 123 Å². The van der Waals surface area contributed by atoms with Crippen LogP contribution in [0.5, 0.6) is 0 Å². The van der Waals surface area contributed by atoms with E-state index < -0.39 is 0 Å². The monoisotopic (exact) mass is 342 g/mol. The van der Waals surface area contributed by atoms with Crippen molar-refractivity contribution in [3.63, 3.8) is 0 Å². The summed E-state index contributed by atoms with van der Waals surface area (Å²) in [5, 5.41) is 0. The summed E-state index contributed by atoms with van der Waals surface area (Å²) in [6.45, 7) is 0. The van der Waals surface area contributed by atoms with Crippen LogP contribution in [0, 0.1) is 0 Å². The Balaban J connectivity index is -0.0000000284. The van der Waals surface area contributed by atoms with Gasteiger partial charge in [-0.1, -0.05) is 0 Å². The summed E-state index contributed by atoms with van der Waals surface area (Å²) in [5.41, 5.74) is 0. The van der Waals surface area contributed by atoms with Crippen molar-refractivity contribution in [3.8, 4) is 0 Å². The second-order valence-electron chi connectivity index (χ2n) is 1.31. The van der Waals surface area contributed by atoms with Crippen molar-refractivity contribution in [3.05, 3.63) is 0 Å². The van der Waals surface area contributed by atoms with Crippen LogP contribution < -0.4 is 59.1 Å². The summed E-state index contributed by atoms with van der Waals surface area (Å²) in [6.07, 6.45) is 0. The Bertz CT molecular complexity index is 203. The third-order valence-electron chi connectivity index (χ3n) is 0.444. The van der Waals surface area contributed by atoms with Crippen molar-refractivity contribution in [2.75, 3.05) is 0 Å². The van der Waals surface area contributed by atoms with Crippen molar-refractivity contribution in [1.82, 2.24) is 0 Å². The zero-order chi connectivity index (χ0) is 16.5. The summed E-state index contributed by atoms with van der Waals surface area (Å²) in [5.74, 6) is 0. The normalized spacial score (nSPS) is 3.48. The smallest absolute Gasteiger partial charge is 1.00 e. The second-order valence-corrected chi connectivity index (χ2v) is 1.31. The number of rotatable bonds is 8. The third kappa shape index (κ3) is 136. The zero-order valence-electron chi connectivity index (χ0n) is 11.9. The van der Waals surface area contributed by atoms with Gasteiger partial charge in [0.05, 0.1) is 0 Å². The molecule has 0 fully saturated rings. The average molecular weight is 340 g/mol. The van der Waals surface area contributed by atoms with Gasteiger partial charge in [0.25, 0.3) is 0 Å². The van der Waals surface area contributed by atoms with E-state index in [1.807, 2.05) is 0 Å². The van der Waals surface area contributed by atoms with Gasteiger partial charge in [-0.2, -0.15) is 0 Å². The van der Waals surface area contributed by atoms with Crippen LogP contribution in [-0.2, 0) is 61.4 Å². The Kier molecular flexibility index (Phi) is 127. The molecule has 0 unspecified atom stereocenters. The molecule has 23 heteroatoms. The molecule has 0 aromatic rings. The van der Waals surface area contributed by atoms with Gasteiger partial charge in [-0.3, -0.25) is 0 Å². The van der Waals surface area contributed by atoms with E-state index in [2.05, 4.69) is 18.3 Å². The summed E-state index contributed by atoms with van der Waals surface area (Å²) < 4.78 is 85.5. The fourth-order valence-corrected chi connectivity index (χ4v) is 0.0907. The number of hydrogen-bond acceptors (Lipinski definition) is 12. The van der Waals surface area contributed by atoms with Crippen LogP contribution in [0.2, 0.25) is 0 Å². The van der Waals surface area contributed by atoms with Gasteiger partial charge in [0, 0.05) is 0 Å². The summed E-state index contributed by atoms with van der Waals surface area (Å²) in [7, 11) is 0.500. The topological polar surface area (TPSA) is 202 Å². The van der Waals surface area contributed by atoms with Gasteiger partial charge in [-0.05, 0) is 0 Å². The Morgan fingerprint density at radius 1 is 0.348 bits per heavy atom. The SMILES string of the molecule is O=BOB=O.O=BOB=O.O=BOB=O.O=BOB=O.[Na+].[Na+].[O-2]. The summed E-state index contributed by atoms with van der Waals surface area (Å²) in [4.78, 5) is 0. The minimum atomic E-state index is 0. The molecule has 0 aliphatic heterocycles. The van der Waals surface area contributed by atoms with Gasteiger partial charge in [0.1, 0.15) is 0 Å². The zero-order valence-corrected chi connectivity index (χ0v) is 15.9. The van der Waals surface area contributed by atoms with Gasteiger partial charge in [0.2, 0.25) is 0 Å². The molecular weight excluding hydrogens is 340 g/mol. The Morgan fingerprint density at radius 2 is 0.435 bits per heavy atom. The van der Waals surface area contributed by atoms with Gasteiger partial charge in [0.15, 0.2) is 0 Å². The van der Waals surface area contributed by atoms with Gasteiger partial charge >= 0.3 is 174 Å². The van der Waals surface area contributed by atoms with Crippen LogP contribution in [0.15, 0.2) is 0 Å². The van der Waals surface area contributed by atoms with Crippen LogP contribution in [0.25, 0.3) is 0 Å². The van der Waals surface area contributed by atoms with Crippen molar-refractivity contribution < 1.29 is 121 Å². The van der Waals surface area contributed by atoms with E-state index in [9.17, 15) is 0 Å². The van der Waals surface area contributed by atoms with Crippen LogP contribution in [0.3, 0.4) is 0 Å². The second kappa shape index (κ2) is 67.2. The molecule has 0 spiro atoms. The maximum Gasteiger partial charge on any atom is 1.00 e. The van der Waals surface area contributed by atoms with Crippen LogP contribution in [0.1, 0.15) is 0 Å². The molecule has 0 saturated carbocycles. The molecule has 0 N–H and O–H groups in total. The van der Waals surface area contributed by atoms with Gasteiger partial charge in [-0.25, -0.2) is 0 Å². The predicted molar refractivity (Wildman–Crippen MR) is 56.6 cm³/mol. The van der Waals surface area contributed by atoms with E-state index in [0.717, 1.165) is 0 Å². The molecule has 0 saturated heterocycles. The van der Waals surface area contributed by atoms with Crippen molar-refractivity contribution in [2.45, 2.75) is 0 Å². The first-order valence-electron chi connectivity index (χ1n) is 3.77. The molecule has 0 atom stereocenters. The Labute approximate surface area is 178 Å². The molecular formula is B8Na2O13. The third-order valence-corrected chi connectivity index (χ3v) is 0.444. The maximum atomic E-state index is 8.95.